The van der Waals surface area contributed by atoms with Gasteiger partial charge in [-0.2, -0.15) is 0 Å². The zero-order chi connectivity index (χ0) is 21.8. The van der Waals surface area contributed by atoms with Crippen LogP contribution in [0.2, 0.25) is 0 Å². The van der Waals surface area contributed by atoms with E-state index in [-0.39, 0.29) is 5.89 Å². The van der Waals surface area contributed by atoms with Gasteiger partial charge in [0.15, 0.2) is 0 Å². The molecule has 2 heterocycles. The van der Waals surface area contributed by atoms with E-state index in [0.717, 1.165) is 5.69 Å². The molecule has 0 unspecified atom stereocenters. The number of rotatable bonds is 6. The lowest BCUT2D eigenvalue weighted by Gasteiger charge is -2.36. The van der Waals surface area contributed by atoms with E-state index in [1.165, 1.54) is 7.11 Å². The third-order valence-electron chi connectivity index (χ3n) is 5.06. The Morgan fingerprint density at radius 3 is 2.48 bits per heavy atom. The normalized spacial score (nSPS) is 14.5. The second kappa shape index (κ2) is 8.76. The summed E-state index contributed by atoms with van der Waals surface area (Å²) in [6, 6.07) is 16.7. The smallest absolute Gasteiger partial charge is 0.336 e. The summed E-state index contributed by atoms with van der Waals surface area (Å²) in [6.45, 7) is 2.16. The topological polar surface area (TPSA) is 106 Å². The van der Waals surface area contributed by atoms with Crippen LogP contribution in [-0.4, -0.2) is 68.5 Å². The lowest BCUT2D eigenvalue weighted by molar-refractivity contribution is -0.128. The number of sulfone groups is 1. The molecule has 0 aliphatic carbocycles. The van der Waals surface area contributed by atoms with Crippen LogP contribution in [-0.2, 0) is 14.6 Å². The highest BCUT2D eigenvalue weighted by atomic mass is 32.2. The van der Waals surface area contributed by atoms with Crippen molar-refractivity contribution in [1.29, 1.82) is 0 Å². The number of piperazine rings is 1. The molecule has 4 rings (SSSR count). The van der Waals surface area contributed by atoms with Crippen molar-refractivity contribution in [3.05, 3.63) is 54.6 Å². The summed E-state index contributed by atoms with van der Waals surface area (Å²) in [4.78, 5) is 16.3. The number of amides is 1. The molecule has 1 aliphatic heterocycles. The third-order valence-corrected chi connectivity index (χ3v) is 6.38. The zero-order valence-electron chi connectivity index (χ0n) is 17.0. The summed E-state index contributed by atoms with van der Waals surface area (Å²) in [7, 11) is -2.53. The molecule has 31 heavy (non-hydrogen) atoms. The van der Waals surface area contributed by atoms with Gasteiger partial charge in [-0.05, 0) is 30.3 Å². The van der Waals surface area contributed by atoms with Crippen LogP contribution in [0.3, 0.4) is 0 Å². The summed E-state index contributed by atoms with van der Waals surface area (Å²) < 4.78 is 35.8. The fourth-order valence-corrected chi connectivity index (χ4v) is 4.38. The van der Waals surface area contributed by atoms with E-state index < -0.39 is 26.7 Å². The molecule has 0 N–H and O–H groups in total. The Bertz CT molecular complexity index is 1160. The van der Waals surface area contributed by atoms with Crippen molar-refractivity contribution in [3.8, 4) is 17.2 Å². The molecular formula is C21H22N4O5S. The predicted molar refractivity (Wildman–Crippen MR) is 114 cm³/mol. The van der Waals surface area contributed by atoms with Crippen LogP contribution in [0.4, 0.5) is 5.69 Å². The number of ether oxygens (including phenoxy) is 1. The highest BCUT2D eigenvalue weighted by Crippen LogP contribution is 2.24. The van der Waals surface area contributed by atoms with Gasteiger partial charge in [0, 0.05) is 37.4 Å². The Morgan fingerprint density at radius 1 is 1.03 bits per heavy atom. The minimum absolute atomic E-state index is 0.0430. The van der Waals surface area contributed by atoms with Gasteiger partial charge in [-0.25, -0.2) is 8.42 Å². The summed E-state index contributed by atoms with van der Waals surface area (Å²) in [6.07, 6.45) is 0. The van der Waals surface area contributed by atoms with Gasteiger partial charge in [0.25, 0.3) is 0 Å². The number of para-hydroxylation sites is 1. The number of hydrogen-bond acceptors (Lipinski definition) is 8. The lowest BCUT2D eigenvalue weighted by Crippen LogP contribution is -2.50. The molecule has 10 heteroatoms. The SMILES string of the molecule is COc1cccc(-c2nnc(S(=O)(=O)CC(=O)N3CCN(c4ccccc4)CC3)o2)c1. The first-order valence-corrected chi connectivity index (χ1v) is 11.4. The number of anilines is 1. The van der Waals surface area contributed by atoms with E-state index in [2.05, 4.69) is 15.1 Å². The molecule has 1 aliphatic rings. The molecule has 1 saturated heterocycles. The van der Waals surface area contributed by atoms with Crippen LogP contribution >= 0.6 is 0 Å². The quantitative estimate of drug-likeness (QED) is 0.570. The Hall–Kier alpha value is -3.40. The molecular weight excluding hydrogens is 420 g/mol. The number of methoxy groups -OCH3 is 1. The number of hydrogen-bond donors (Lipinski definition) is 0. The van der Waals surface area contributed by atoms with Crippen molar-refractivity contribution in [2.24, 2.45) is 0 Å². The molecule has 1 aromatic heterocycles. The molecule has 0 saturated carbocycles. The third kappa shape index (κ3) is 4.69. The number of nitrogens with zero attached hydrogens (tertiary/aromatic N) is 4. The zero-order valence-corrected chi connectivity index (χ0v) is 17.8. The number of benzene rings is 2. The largest absolute Gasteiger partial charge is 0.497 e. The van der Waals surface area contributed by atoms with E-state index in [9.17, 15) is 13.2 Å². The Balaban J connectivity index is 1.40. The van der Waals surface area contributed by atoms with Gasteiger partial charge in [-0.3, -0.25) is 4.79 Å². The summed E-state index contributed by atoms with van der Waals surface area (Å²) in [5, 5.41) is 6.89. The maximum Gasteiger partial charge on any atom is 0.336 e. The van der Waals surface area contributed by atoms with E-state index in [4.69, 9.17) is 9.15 Å². The maximum absolute atomic E-state index is 12.7. The lowest BCUT2D eigenvalue weighted by atomic mass is 10.2. The monoisotopic (exact) mass is 442 g/mol. The van der Waals surface area contributed by atoms with Crippen LogP contribution in [0.15, 0.2) is 64.2 Å². The van der Waals surface area contributed by atoms with Crippen LogP contribution < -0.4 is 9.64 Å². The van der Waals surface area contributed by atoms with Gasteiger partial charge < -0.3 is 19.0 Å². The molecule has 0 atom stereocenters. The van der Waals surface area contributed by atoms with Crippen LogP contribution in [0.5, 0.6) is 5.75 Å². The minimum Gasteiger partial charge on any atom is -0.497 e. The average Bonchev–Trinajstić information content (AvgIpc) is 3.31. The van der Waals surface area contributed by atoms with Crippen molar-refractivity contribution < 1.29 is 22.4 Å². The van der Waals surface area contributed by atoms with Gasteiger partial charge >= 0.3 is 5.22 Å². The average molecular weight is 442 g/mol. The molecule has 9 nitrogen and oxygen atoms in total. The molecule has 3 aromatic rings. The highest BCUT2D eigenvalue weighted by Gasteiger charge is 2.30. The molecule has 1 amide bonds. The van der Waals surface area contributed by atoms with Crippen LogP contribution in [0.1, 0.15) is 0 Å². The summed E-state index contributed by atoms with van der Waals surface area (Å²) in [5.41, 5.74) is 1.61. The predicted octanol–water partition coefficient (Wildman–Crippen LogP) is 1.87. The highest BCUT2D eigenvalue weighted by molar-refractivity contribution is 7.91. The molecule has 0 radical (unpaired) electrons. The molecule has 0 bridgehead atoms. The van der Waals surface area contributed by atoms with E-state index in [1.807, 2.05) is 30.3 Å². The second-order valence-electron chi connectivity index (χ2n) is 7.07. The fraction of sp³-hybridized carbons (Fsp3) is 0.286. The number of carbonyl (C=O) groups is 1. The van der Waals surface area contributed by atoms with Gasteiger partial charge in [-0.1, -0.05) is 29.4 Å². The van der Waals surface area contributed by atoms with Crippen molar-refractivity contribution in [1.82, 2.24) is 15.1 Å². The molecule has 2 aromatic carbocycles. The van der Waals surface area contributed by atoms with Gasteiger partial charge in [0.05, 0.1) is 7.11 Å². The Labute approximate surface area is 180 Å². The van der Waals surface area contributed by atoms with E-state index in [0.29, 0.717) is 37.5 Å². The standard InChI is InChI=1S/C21H22N4O5S/c1-29-18-9-5-6-16(14-18)20-22-23-21(30-20)31(27,28)15-19(26)25-12-10-24(11-13-25)17-7-3-2-4-8-17/h2-9,14H,10-13,15H2,1H3. The van der Waals surface area contributed by atoms with E-state index >= 15 is 0 Å². The molecule has 1 fully saturated rings. The van der Waals surface area contributed by atoms with Crippen LogP contribution in [0, 0.1) is 0 Å². The number of carbonyl (C=O) groups excluding carboxylic acids is 1. The van der Waals surface area contributed by atoms with Crippen molar-refractivity contribution in [2.45, 2.75) is 5.22 Å². The second-order valence-corrected chi connectivity index (χ2v) is 8.93. The van der Waals surface area contributed by atoms with Crippen molar-refractivity contribution >= 4 is 21.4 Å². The Kier molecular flexibility index (Phi) is 5.90. The molecule has 162 valence electrons. The van der Waals surface area contributed by atoms with Gasteiger partial charge in [0.1, 0.15) is 11.5 Å². The van der Waals surface area contributed by atoms with Gasteiger partial charge in [-0.15, -0.1) is 5.10 Å². The fourth-order valence-electron chi connectivity index (χ4n) is 3.38. The molecule has 0 spiro atoms. The minimum atomic E-state index is -4.05. The van der Waals surface area contributed by atoms with Crippen LogP contribution in [0.25, 0.3) is 11.5 Å². The Morgan fingerprint density at radius 2 is 1.77 bits per heavy atom. The first-order chi connectivity index (χ1) is 15.0. The van der Waals surface area contributed by atoms with Gasteiger partial charge in [0.2, 0.25) is 21.6 Å². The van der Waals surface area contributed by atoms with Crippen molar-refractivity contribution in [3.63, 3.8) is 0 Å². The maximum atomic E-state index is 12.7. The summed E-state index contributed by atoms with van der Waals surface area (Å²) >= 11 is 0. The first-order valence-electron chi connectivity index (χ1n) is 9.75. The summed E-state index contributed by atoms with van der Waals surface area (Å²) in [5.74, 6) is -0.571. The van der Waals surface area contributed by atoms with Crippen molar-refractivity contribution in [2.75, 3.05) is 43.9 Å². The van der Waals surface area contributed by atoms with E-state index in [1.54, 1.807) is 29.2 Å². The number of aromatic nitrogens is 2. The first kappa shape index (κ1) is 20.9.